The molecule has 138 valence electrons. The maximum absolute atomic E-state index is 14.7. The number of halogens is 1. The molecule has 3 nitrogen and oxygen atoms in total. The average Bonchev–Trinajstić information content (AvgIpc) is 3.34. The van der Waals surface area contributed by atoms with Gasteiger partial charge in [0, 0.05) is 49.9 Å². The van der Waals surface area contributed by atoms with Gasteiger partial charge in [0.1, 0.15) is 5.82 Å². The molecule has 4 heteroatoms. The molecule has 0 unspecified atom stereocenters. The highest BCUT2D eigenvalue weighted by atomic mass is 19.1. The number of benzene rings is 2. The smallest absolute Gasteiger partial charge is 0.129 e. The fourth-order valence-corrected chi connectivity index (χ4v) is 4.59. The maximum Gasteiger partial charge on any atom is 0.129 e. The summed E-state index contributed by atoms with van der Waals surface area (Å²) in [5.74, 6) is 0.782. The molecule has 0 aliphatic carbocycles. The van der Waals surface area contributed by atoms with Crippen LogP contribution in [0.25, 0.3) is 0 Å². The van der Waals surface area contributed by atoms with Crippen LogP contribution in [-0.4, -0.2) is 37.6 Å². The Hall–Kier alpha value is -1.91. The zero-order valence-electron chi connectivity index (χ0n) is 15.3. The SMILES string of the molecule is NC[C@@H]1CN(Cc2c(F)cccc2N2CCCC2)C[C@H]1c1ccccc1. The molecule has 2 aromatic rings. The first kappa shape index (κ1) is 17.5. The van der Waals surface area contributed by atoms with Gasteiger partial charge in [0.05, 0.1) is 0 Å². The van der Waals surface area contributed by atoms with Crippen molar-refractivity contribution in [2.24, 2.45) is 11.7 Å². The number of rotatable bonds is 5. The second-order valence-corrected chi connectivity index (χ2v) is 7.64. The lowest BCUT2D eigenvalue weighted by Gasteiger charge is -2.24. The van der Waals surface area contributed by atoms with Crippen molar-refractivity contribution in [1.29, 1.82) is 0 Å². The van der Waals surface area contributed by atoms with Crippen LogP contribution in [0.4, 0.5) is 10.1 Å². The van der Waals surface area contributed by atoms with Crippen molar-refractivity contribution < 1.29 is 4.39 Å². The Morgan fingerprint density at radius 3 is 2.46 bits per heavy atom. The van der Waals surface area contributed by atoms with E-state index in [1.54, 1.807) is 6.07 Å². The lowest BCUT2D eigenvalue weighted by Crippen LogP contribution is -2.26. The normalized spacial score (nSPS) is 23.7. The summed E-state index contributed by atoms with van der Waals surface area (Å²) in [5, 5.41) is 0. The second-order valence-electron chi connectivity index (χ2n) is 7.64. The summed E-state index contributed by atoms with van der Waals surface area (Å²) >= 11 is 0. The number of hydrogen-bond donors (Lipinski definition) is 1. The van der Waals surface area contributed by atoms with Gasteiger partial charge in [-0.1, -0.05) is 36.4 Å². The van der Waals surface area contributed by atoms with Crippen LogP contribution in [-0.2, 0) is 6.54 Å². The van der Waals surface area contributed by atoms with Crippen LogP contribution in [0.3, 0.4) is 0 Å². The lowest BCUT2D eigenvalue weighted by atomic mass is 9.89. The molecule has 0 amide bonds. The molecule has 4 rings (SSSR count). The molecule has 2 aliphatic rings. The molecule has 2 aliphatic heterocycles. The van der Waals surface area contributed by atoms with Crippen molar-refractivity contribution in [3.8, 4) is 0 Å². The van der Waals surface area contributed by atoms with Crippen LogP contribution in [0.5, 0.6) is 0 Å². The number of hydrogen-bond acceptors (Lipinski definition) is 3. The molecule has 0 saturated carbocycles. The van der Waals surface area contributed by atoms with E-state index in [0.29, 0.717) is 24.9 Å². The standard InChI is InChI=1S/C22H28FN3/c23-21-9-6-10-22(26-11-4-5-12-26)20(21)16-25-14-18(13-24)19(15-25)17-7-2-1-3-8-17/h1-3,6-10,18-19H,4-5,11-16,24H2/t18-,19+/m1/s1. The summed E-state index contributed by atoms with van der Waals surface area (Å²) in [6, 6.07) is 16.1. The Morgan fingerprint density at radius 1 is 0.962 bits per heavy atom. The van der Waals surface area contributed by atoms with E-state index < -0.39 is 0 Å². The van der Waals surface area contributed by atoms with Crippen molar-refractivity contribution >= 4 is 5.69 Å². The van der Waals surface area contributed by atoms with Crippen LogP contribution in [0, 0.1) is 11.7 Å². The Kier molecular flexibility index (Phi) is 5.23. The highest BCUT2D eigenvalue weighted by Gasteiger charge is 2.33. The molecule has 2 fully saturated rings. The first-order valence-electron chi connectivity index (χ1n) is 9.76. The summed E-state index contributed by atoms with van der Waals surface area (Å²) in [5.41, 5.74) is 9.34. The van der Waals surface area contributed by atoms with Gasteiger partial charge in [-0.25, -0.2) is 4.39 Å². The highest BCUT2D eigenvalue weighted by molar-refractivity contribution is 5.55. The first-order valence-corrected chi connectivity index (χ1v) is 9.76. The van der Waals surface area contributed by atoms with E-state index in [1.807, 2.05) is 6.07 Å². The summed E-state index contributed by atoms with van der Waals surface area (Å²) in [6.07, 6.45) is 2.40. The van der Waals surface area contributed by atoms with E-state index in [0.717, 1.165) is 37.4 Å². The zero-order chi connectivity index (χ0) is 17.9. The Bertz CT molecular complexity index is 727. The molecule has 0 radical (unpaired) electrons. The van der Waals surface area contributed by atoms with Gasteiger partial charge in [-0.3, -0.25) is 4.90 Å². The van der Waals surface area contributed by atoms with Crippen LogP contribution in [0.15, 0.2) is 48.5 Å². The molecule has 2 aromatic carbocycles. The van der Waals surface area contributed by atoms with Crippen molar-refractivity contribution in [3.05, 3.63) is 65.5 Å². The number of anilines is 1. The number of nitrogens with two attached hydrogens (primary N) is 1. The Labute approximate surface area is 155 Å². The van der Waals surface area contributed by atoms with Gasteiger partial charge in [-0.15, -0.1) is 0 Å². The minimum Gasteiger partial charge on any atom is -0.371 e. The highest BCUT2D eigenvalue weighted by Crippen LogP contribution is 2.35. The Balaban J connectivity index is 1.55. The first-order chi connectivity index (χ1) is 12.8. The van der Waals surface area contributed by atoms with Gasteiger partial charge in [0.25, 0.3) is 0 Å². The quantitative estimate of drug-likeness (QED) is 0.891. The topological polar surface area (TPSA) is 32.5 Å². The summed E-state index contributed by atoms with van der Waals surface area (Å²) in [7, 11) is 0. The van der Waals surface area contributed by atoms with Crippen molar-refractivity contribution in [2.75, 3.05) is 37.6 Å². The van der Waals surface area contributed by atoms with Gasteiger partial charge in [0.2, 0.25) is 0 Å². The summed E-state index contributed by atoms with van der Waals surface area (Å²) < 4.78 is 14.7. The summed E-state index contributed by atoms with van der Waals surface area (Å²) in [4.78, 5) is 4.72. The monoisotopic (exact) mass is 353 g/mol. The van der Waals surface area contributed by atoms with E-state index in [1.165, 1.54) is 18.4 Å². The predicted molar refractivity (Wildman–Crippen MR) is 105 cm³/mol. The van der Waals surface area contributed by atoms with E-state index in [-0.39, 0.29) is 5.82 Å². The molecule has 0 bridgehead atoms. The Morgan fingerprint density at radius 2 is 1.73 bits per heavy atom. The van der Waals surface area contributed by atoms with Crippen LogP contribution < -0.4 is 10.6 Å². The fourth-order valence-electron chi connectivity index (χ4n) is 4.59. The molecular weight excluding hydrogens is 325 g/mol. The third-order valence-electron chi connectivity index (χ3n) is 5.97. The average molecular weight is 353 g/mol. The maximum atomic E-state index is 14.7. The summed E-state index contributed by atoms with van der Waals surface area (Å²) in [6.45, 7) is 5.29. The van der Waals surface area contributed by atoms with Crippen LogP contribution >= 0.6 is 0 Å². The predicted octanol–water partition coefficient (Wildman–Crippen LogP) is 3.60. The van der Waals surface area contributed by atoms with Gasteiger partial charge in [-0.05, 0) is 43.0 Å². The minimum atomic E-state index is -0.0816. The molecule has 26 heavy (non-hydrogen) atoms. The lowest BCUT2D eigenvalue weighted by molar-refractivity contribution is 0.312. The molecule has 2 atom stereocenters. The molecule has 2 heterocycles. The van der Waals surface area contributed by atoms with Gasteiger partial charge >= 0.3 is 0 Å². The van der Waals surface area contributed by atoms with Crippen LogP contribution in [0.1, 0.15) is 29.9 Å². The van der Waals surface area contributed by atoms with Crippen molar-refractivity contribution in [2.45, 2.75) is 25.3 Å². The number of nitrogens with zero attached hydrogens (tertiary/aromatic N) is 2. The fraction of sp³-hybridized carbons (Fsp3) is 0.455. The minimum absolute atomic E-state index is 0.0816. The van der Waals surface area contributed by atoms with E-state index in [4.69, 9.17) is 5.73 Å². The van der Waals surface area contributed by atoms with Crippen molar-refractivity contribution in [3.63, 3.8) is 0 Å². The van der Waals surface area contributed by atoms with E-state index in [2.05, 4.69) is 46.2 Å². The van der Waals surface area contributed by atoms with Gasteiger partial charge in [-0.2, -0.15) is 0 Å². The van der Waals surface area contributed by atoms with Crippen molar-refractivity contribution in [1.82, 2.24) is 4.90 Å². The zero-order valence-corrected chi connectivity index (χ0v) is 15.3. The second kappa shape index (κ2) is 7.77. The largest absolute Gasteiger partial charge is 0.371 e. The van der Waals surface area contributed by atoms with Gasteiger partial charge in [0.15, 0.2) is 0 Å². The van der Waals surface area contributed by atoms with E-state index in [9.17, 15) is 4.39 Å². The molecule has 0 aromatic heterocycles. The molecular formula is C22H28FN3. The molecule has 2 saturated heterocycles. The third kappa shape index (κ3) is 3.49. The van der Waals surface area contributed by atoms with Crippen LogP contribution in [0.2, 0.25) is 0 Å². The molecule has 0 spiro atoms. The van der Waals surface area contributed by atoms with Gasteiger partial charge < -0.3 is 10.6 Å². The van der Waals surface area contributed by atoms with E-state index >= 15 is 0 Å². The molecule has 2 N–H and O–H groups in total. The third-order valence-corrected chi connectivity index (χ3v) is 5.97. The number of likely N-dealkylation sites (tertiary alicyclic amines) is 1.